The van der Waals surface area contributed by atoms with Crippen molar-refractivity contribution in [1.82, 2.24) is 0 Å². The Labute approximate surface area is 160 Å². The maximum atomic E-state index is 13.9. The topological polar surface area (TPSA) is 119 Å². The lowest BCUT2D eigenvalue weighted by Crippen LogP contribution is -2.35. The molecule has 0 saturated carbocycles. The number of nitriles is 1. The average Bonchev–Trinajstić information content (AvgIpc) is 2.60. The Morgan fingerprint density at radius 3 is 2.68 bits per heavy atom. The predicted octanol–water partition coefficient (Wildman–Crippen LogP) is 2.79. The highest BCUT2D eigenvalue weighted by atomic mass is 19.1. The minimum Gasteiger partial charge on any atom is -0.618 e. The number of hydrogen-bond acceptors (Lipinski definition) is 7. The van der Waals surface area contributed by atoms with Crippen molar-refractivity contribution in [1.29, 1.82) is 5.26 Å². The molecule has 8 nitrogen and oxygen atoms in total. The molecule has 0 atom stereocenters. The Bertz CT molecular complexity index is 990. The molecular formula is C19H18FN3O5. The molecule has 0 fully saturated rings. The summed E-state index contributed by atoms with van der Waals surface area (Å²) in [6.45, 7) is 6.78. The summed E-state index contributed by atoms with van der Waals surface area (Å²) in [6, 6.07) is 5.74. The number of aromatic hydroxyl groups is 1. The fourth-order valence-corrected chi connectivity index (χ4v) is 2.10. The van der Waals surface area contributed by atoms with Crippen molar-refractivity contribution < 1.29 is 28.6 Å². The van der Waals surface area contributed by atoms with Crippen molar-refractivity contribution in [3.05, 3.63) is 58.3 Å². The highest BCUT2D eigenvalue weighted by molar-refractivity contribution is 6.10. The third-order valence-corrected chi connectivity index (χ3v) is 3.29. The van der Waals surface area contributed by atoms with E-state index in [2.05, 4.69) is 5.16 Å². The highest BCUT2D eigenvalue weighted by Crippen LogP contribution is 2.26. The predicted molar refractivity (Wildman–Crippen MR) is 96.2 cm³/mol. The molecule has 146 valence electrons. The first-order valence-electron chi connectivity index (χ1n) is 8.13. The first-order chi connectivity index (χ1) is 13.0. The van der Waals surface area contributed by atoms with Crippen molar-refractivity contribution in [2.45, 2.75) is 33.3 Å². The number of ether oxygens (including phenoxy) is 1. The number of phenols is 1. The standard InChI is InChI=1S/C19H18FN3O5/c1-11(22-28-19(2,3)4)27-16-6-5-7-23(26)17(16)18(25)13-9-14(20)12(10-21)8-15(13)24/h5-9,24H,1-4H3. The van der Waals surface area contributed by atoms with Gasteiger partial charge in [0.05, 0.1) is 11.1 Å². The van der Waals surface area contributed by atoms with E-state index in [1.807, 2.05) is 0 Å². The SMILES string of the molecule is CC(=NOC(C)(C)C)Oc1ccc[n+]([O-])c1C(=O)c1cc(F)c(C#N)cc1O. The van der Waals surface area contributed by atoms with Gasteiger partial charge in [-0.1, -0.05) is 5.16 Å². The van der Waals surface area contributed by atoms with Crippen LogP contribution < -0.4 is 9.47 Å². The average molecular weight is 387 g/mol. The van der Waals surface area contributed by atoms with Crippen LogP contribution in [0.25, 0.3) is 0 Å². The van der Waals surface area contributed by atoms with E-state index in [0.29, 0.717) is 6.07 Å². The fraction of sp³-hybridized carbons (Fsp3) is 0.263. The molecule has 0 saturated heterocycles. The number of rotatable bonds is 4. The van der Waals surface area contributed by atoms with Crippen LogP contribution in [-0.2, 0) is 4.84 Å². The summed E-state index contributed by atoms with van der Waals surface area (Å²) in [4.78, 5) is 18.0. The van der Waals surface area contributed by atoms with Crippen LogP contribution >= 0.6 is 0 Å². The van der Waals surface area contributed by atoms with Crippen LogP contribution in [-0.4, -0.2) is 22.4 Å². The number of carbonyl (C=O) groups excluding carboxylic acids is 1. The van der Waals surface area contributed by atoms with E-state index in [-0.39, 0.29) is 16.4 Å². The van der Waals surface area contributed by atoms with Gasteiger partial charge in [-0.25, -0.2) is 4.39 Å². The van der Waals surface area contributed by atoms with Gasteiger partial charge in [0.1, 0.15) is 23.2 Å². The number of hydrogen-bond donors (Lipinski definition) is 1. The summed E-state index contributed by atoms with van der Waals surface area (Å²) < 4.78 is 19.6. The van der Waals surface area contributed by atoms with E-state index in [0.717, 1.165) is 12.3 Å². The molecule has 2 rings (SSSR count). The first kappa shape index (κ1) is 20.6. The number of nitrogens with zero attached hydrogens (tertiary/aromatic N) is 3. The third-order valence-electron chi connectivity index (χ3n) is 3.29. The number of aromatic nitrogens is 1. The highest BCUT2D eigenvalue weighted by Gasteiger charge is 2.28. The molecule has 28 heavy (non-hydrogen) atoms. The van der Waals surface area contributed by atoms with Gasteiger partial charge in [0.15, 0.2) is 6.20 Å². The summed E-state index contributed by atoms with van der Waals surface area (Å²) in [7, 11) is 0. The van der Waals surface area contributed by atoms with Crippen LogP contribution in [0.15, 0.2) is 35.6 Å². The zero-order valence-electron chi connectivity index (χ0n) is 15.7. The summed E-state index contributed by atoms with van der Waals surface area (Å²) in [5.41, 5.74) is -2.00. The fourth-order valence-electron chi connectivity index (χ4n) is 2.10. The molecule has 0 unspecified atom stereocenters. The molecule has 0 aliphatic rings. The summed E-state index contributed by atoms with van der Waals surface area (Å²) in [5.74, 6) is -2.78. The summed E-state index contributed by atoms with van der Waals surface area (Å²) in [6.07, 6.45) is 1.05. The van der Waals surface area contributed by atoms with Crippen molar-refractivity contribution in [2.24, 2.45) is 5.16 Å². The Hall–Kier alpha value is -3.67. The van der Waals surface area contributed by atoms with Gasteiger partial charge in [-0.15, -0.1) is 0 Å². The molecule has 0 aliphatic carbocycles. The second kappa shape index (κ2) is 7.92. The molecule has 0 aliphatic heterocycles. The minimum atomic E-state index is -1.00. The van der Waals surface area contributed by atoms with E-state index >= 15 is 0 Å². The zero-order valence-corrected chi connectivity index (χ0v) is 15.7. The maximum Gasteiger partial charge on any atom is 0.308 e. The van der Waals surface area contributed by atoms with Gasteiger partial charge in [-0.3, -0.25) is 4.79 Å². The van der Waals surface area contributed by atoms with Gasteiger partial charge in [-0.2, -0.15) is 9.99 Å². The quantitative estimate of drug-likeness (QED) is 0.215. The molecular weight excluding hydrogens is 369 g/mol. The molecule has 0 spiro atoms. The van der Waals surface area contributed by atoms with E-state index in [9.17, 15) is 19.5 Å². The molecule has 1 aromatic carbocycles. The molecule has 1 aromatic heterocycles. The number of halogens is 1. The molecule has 1 heterocycles. The van der Waals surface area contributed by atoms with Crippen LogP contribution in [0.4, 0.5) is 4.39 Å². The Morgan fingerprint density at radius 1 is 1.39 bits per heavy atom. The maximum absolute atomic E-state index is 13.9. The van der Waals surface area contributed by atoms with Crippen LogP contribution in [0.3, 0.4) is 0 Å². The van der Waals surface area contributed by atoms with Crippen molar-refractivity contribution in [3.8, 4) is 17.6 Å². The second-order valence-electron chi connectivity index (χ2n) is 6.75. The molecule has 9 heteroatoms. The zero-order chi connectivity index (χ0) is 21.1. The number of benzene rings is 1. The molecule has 0 radical (unpaired) electrons. The number of pyridine rings is 1. The number of phenolic OH excluding ortho intramolecular Hbond substituents is 1. The van der Waals surface area contributed by atoms with Gasteiger partial charge >= 0.3 is 5.69 Å². The first-order valence-corrected chi connectivity index (χ1v) is 8.13. The number of oxime groups is 1. The second-order valence-corrected chi connectivity index (χ2v) is 6.75. The van der Waals surface area contributed by atoms with Crippen LogP contribution in [0, 0.1) is 22.4 Å². The smallest absolute Gasteiger partial charge is 0.308 e. The van der Waals surface area contributed by atoms with E-state index in [1.165, 1.54) is 19.1 Å². The van der Waals surface area contributed by atoms with E-state index in [4.69, 9.17) is 14.8 Å². The number of carbonyl (C=O) groups is 1. The van der Waals surface area contributed by atoms with Gasteiger partial charge in [0.25, 0.3) is 5.78 Å². The largest absolute Gasteiger partial charge is 0.618 e. The lowest BCUT2D eigenvalue weighted by Gasteiger charge is -2.16. The van der Waals surface area contributed by atoms with Gasteiger partial charge in [0, 0.05) is 19.1 Å². The summed E-state index contributed by atoms with van der Waals surface area (Å²) in [5, 5.41) is 34.7. The van der Waals surface area contributed by atoms with Crippen LogP contribution in [0.1, 0.15) is 49.3 Å². The van der Waals surface area contributed by atoms with Crippen molar-refractivity contribution >= 4 is 11.7 Å². The number of ketones is 1. The lowest BCUT2D eigenvalue weighted by atomic mass is 10.0. The Morgan fingerprint density at radius 2 is 2.07 bits per heavy atom. The minimum absolute atomic E-state index is 0.0189. The van der Waals surface area contributed by atoms with Gasteiger partial charge < -0.3 is 19.9 Å². The lowest BCUT2D eigenvalue weighted by molar-refractivity contribution is -0.607. The normalized spacial score (nSPS) is 11.6. The molecule has 1 N–H and O–H groups in total. The van der Waals surface area contributed by atoms with Gasteiger partial charge in [-0.05, 0) is 32.9 Å². The monoisotopic (exact) mass is 387 g/mol. The molecule has 0 bridgehead atoms. The Balaban J connectivity index is 2.46. The van der Waals surface area contributed by atoms with E-state index < -0.39 is 39.8 Å². The van der Waals surface area contributed by atoms with Crippen molar-refractivity contribution in [2.75, 3.05) is 0 Å². The van der Waals surface area contributed by atoms with Crippen LogP contribution in [0.5, 0.6) is 11.5 Å². The van der Waals surface area contributed by atoms with Gasteiger partial charge in [0.2, 0.25) is 11.6 Å². The van der Waals surface area contributed by atoms with Crippen molar-refractivity contribution in [3.63, 3.8) is 0 Å². The summed E-state index contributed by atoms with van der Waals surface area (Å²) >= 11 is 0. The molecule has 0 amide bonds. The van der Waals surface area contributed by atoms with E-state index in [1.54, 1.807) is 26.8 Å². The molecule has 2 aromatic rings. The van der Waals surface area contributed by atoms with Crippen LogP contribution in [0.2, 0.25) is 0 Å². The Kier molecular flexibility index (Phi) is 5.84. The third kappa shape index (κ3) is 4.73.